The van der Waals surface area contributed by atoms with Crippen molar-refractivity contribution in [2.45, 2.75) is 25.3 Å². The minimum Gasteiger partial charge on any atom is -0.322 e. The summed E-state index contributed by atoms with van der Waals surface area (Å²) >= 11 is 0. The summed E-state index contributed by atoms with van der Waals surface area (Å²) in [6.07, 6.45) is 3.74. The Hall–Kier alpha value is -1.93. The van der Waals surface area contributed by atoms with E-state index in [1.54, 1.807) is 0 Å². The van der Waals surface area contributed by atoms with Gasteiger partial charge in [0.05, 0.1) is 13.1 Å². The number of rotatable bonds is 4. The van der Waals surface area contributed by atoms with Crippen LogP contribution in [0.2, 0.25) is 0 Å². The van der Waals surface area contributed by atoms with Crippen molar-refractivity contribution in [3.8, 4) is 0 Å². The van der Waals surface area contributed by atoms with Gasteiger partial charge in [-0.15, -0.1) is 0 Å². The fraction of sp³-hybridized carbons (Fsp3) is 0.316. The normalized spacial score (nSPS) is 17.3. The van der Waals surface area contributed by atoms with Crippen LogP contribution in [0.4, 0.5) is 0 Å². The first-order chi connectivity index (χ1) is 10.4. The van der Waals surface area contributed by atoms with Gasteiger partial charge in [-0.3, -0.25) is 4.79 Å². The van der Waals surface area contributed by atoms with E-state index >= 15 is 0 Å². The molecular formula is C19H22NO+. The predicted molar refractivity (Wildman–Crippen MR) is 84.5 cm³/mol. The van der Waals surface area contributed by atoms with E-state index in [1.807, 2.05) is 48.5 Å². The highest BCUT2D eigenvalue weighted by Gasteiger charge is 2.32. The Morgan fingerprint density at radius 3 is 2.00 bits per heavy atom. The molecule has 1 saturated heterocycles. The summed E-state index contributed by atoms with van der Waals surface area (Å²) in [6.45, 7) is 2.19. The minimum atomic E-state index is -0.0612. The third kappa shape index (κ3) is 3.22. The van der Waals surface area contributed by atoms with Gasteiger partial charge in [0, 0.05) is 11.1 Å². The van der Waals surface area contributed by atoms with Crippen molar-refractivity contribution in [3.63, 3.8) is 0 Å². The zero-order valence-corrected chi connectivity index (χ0v) is 12.3. The molecule has 0 radical (unpaired) electrons. The van der Waals surface area contributed by atoms with E-state index in [1.165, 1.54) is 24.2 Å². The molecule has 0 aromatic heterocycles. The number of hydrogen-bond donors (Lipinski definition) is 1. The van der Waals surface area contributed by atoms with Crippen molar-refractivity contribution in [2.75, 3.05) is 13.1 Å². The second kappa shape index (κ2) is 6.68. The topological polar surface area (TPSA) is 21.5 Å². The van der Waals surface area contributed by atoms with Gasteiger partial charge >= 0.3 is 0 Å². The monoisotopic (exact) mass is 280 g/mol. The summed E-state index contributed by atoms with van der Waals surface area (Å²) in [5.74, 6) is 0.249. The fourth-order valence-corrected chi connectivity index (χ4v) is 3.28. The molecule has 1 aliphatic rings. The Bertz CT molecular complexity index is 573. The molecule has 0 saturated carbocycles. The molecule has 2 nitrogen and oxygen atoms in total. The van der Waals surface area contributed by atoms with Crippen LogP contribution in [0.3, 0.4) is 0 Å². The van der Waals surface area contributed by atoms with Crippen LogP contribution < -0.4 is 4.90 Å². The maximum atomic E-state index is 13.0. The highest BCUT2D eigenvalue weighted by atomic mass is 16.1. The average Bonchev–Trinajstić information content (AvgIpc) is 2.58. The molecule has 0 amide bonds. The smallest absolute Gasteiger partial charge is 0.224 e. The van der Waals surface area contributed by atoms with E-state index in [0.29, 0.717) is 0 Å². The lowest BCUT2D eigenvalue weighted by Crippen LogP contribution is -3.13. The molecule has 108 valence electrons. The first kappa shape index (κ1) is 14.0. The van der Waals surface area contributed by atoms with Gasteiger partial charge < -0.3 is 4.90 Å². The molecule has 1 N–H and O–H groups in total. The Labute approximate surface area is 126 Å². The largest absolute Gasteiger partial charge is 0.322 e. The SMILES string of the molecule is O=C(c1ccccc1)[C@@H](c1ccccc1)[NH+]1CCCCC1. The van der Waals surface area contributed by atoms with E-state index in [-0.39, 0.29) is 11.8 Å². The highest BCUT2D eigenvalue weighted by Crippen LogP contribution is 2.17. The number of piperidine rings is 1. The zero-order valence-electron chi connectivity index (χ0n) is 12.3. The quantitative estimate of drug-likeness (QED) is 0.854. The summed E-state index contributed by atoms with van der Waals surface area (Å²) in [7, 11) is 0. The standard InChI is InChI=1S/C19H21NO/c21-19(17-12-6-2-7-13-17)18(16-10-4-1-5-11-16)20-14-8-3-9-15-20/h1-2,4-7,10-13,18H,3,8-9,14-15H2/p+1/t18-/m1/s1. The molecule has 2 aromatic rings. The van der Waals surface area contributed by atoms with Crippen LogP contribution in [0, 0.1) is 0 Å². The molecule has 0 aliphatic carbocycles. The summed E-state index contributed by atoms with van der Waals surface area (Å²) in [5.41, 5.74) is 1.97. The van der Waals surface area contributed by atoms with Gasteiger partial charge in [-0.25, -0.2) is 0 Å². The molecular weight excluding hydrogens is 258 g/mol. The molecule has 0 unspecified atom stereocenters. The third-order valence-electron chi connectivity index (χ3n) is 4.36. The number of quaternary nitrogens is 1. The number of nitrogens with one attached hydrogen (secondary N) is 1. The van der Waals surface area contributed by atoms with Crippen molar-refractivity contribution in [1.82, 2.24) is 0 Å². The van der Waals surface area contributed by atoms with E-state index in [0.717, 1.165) is 24.2 Å². The van der Waals surface area contributed by atoms with Crippen LogP contribution in [0.15, 0.2) is 60.7 Å². The average molecular weight is 280 g/mol. The van der Waals surface area contributed by atoms with E-state index in [4.69, 9.17) is 0 Å². The van der Waals surface area contributed by atoms with Crippen molar-refractivity contribution >= 4 is 5.78 Å². The van der Waals surface area contributed by atoms with Crippen molar-refractivity contribution in [1.29, 1.82) is 0 Å². The van der Waals surface area contributed by atoms with Gasteiger partial charge in [0.1, 0.15) is 0 Å². The lowest BCUT2D eigenvalue weighted by atomic mass is 9.94. The molecule has 2 heteroatoms. The first-order valence-corrected chi connectivity index (χ1v) is 7.85. The van der Waals surface area contributed by atoms with Crippen LogP contribution >= 0.6 is 0 Å². The predicted octanol–water partition coefficient (Wildman–Crippen LogP) is 2.68. The lowest BCUT2D eigenvalue weighted by Gasteiger charge is -2.31. The molecule has 1 aliphatic heterocycles. The minimum absolute atomic E-state index is 0.0612. The van der Waals surface area contributed by atoms with Gasteiger partial charge in [-0.2, -0.15) is 0 Å². The molecule has 21 heavy (non-hydrogen) atoms. The van der Waals surface area contributed by atoms with Crippen LogP contribution in [0.5, 0.6) is 0 Å². The van der Waals surface area contributed by atoms with Crippen molar-refractivity contribution in [2.24, 2.45) is 0 Å². The second-order valence-corrected chi connectivity index (χ2v) is 5.79. The number of Topliss-reactive ketones (excluding diaryl/α,β-unsaturated/α-hetero) is 1. The van der Waals surface area contributed by atoms with Crippen LogP contribution in [0.1, 0.15) is 41.2 Å². The Balaban J connectivity index is 1.94. The Kier molecular flexibility index (Phi) is 4.46. The third-order valence-corrected chi connectivity index (χ3v) is 4.36. The van der Waals surface area contributed by atoms with Gasteiger partial charge in [0.2, 0.25) is 5.78 Å². The van der Waals surface area contributed by atoms with Crippen molar-refractivity contribution in [3.05, 3.63) is 71.8 Å². The van der Waals surface area contributed by atoms with Gasteiger partial charge in [-0.05, 0) is 19.3 Å². The number of benzene rings is 2. The molecule has 1 heterocycles. The van der Waals surface area contributed by atoms with Crippen LogP contribution in [-0.2, 0) is 0 Å². The number of likely N-dealkylation sites (tertiary alicyclic amines) is 1. The molecule has 1 atom stereocenters. The van der Waals surface area contributed by atoms with Crippen LogP contribution in [0.25, 0.3) is 0 Å². The lowest BCUT2D eigenvalue weighted by molar-refractivity contribution is -0.926. The maximum Gasteiger partial charge on any atom is 0.224 e. The number of ketones is 1. The summed E-state index contributed by atoms with van der Waals surface area (Å²) in [5, 5.41) is 0. The second-order valence-electron chi connectivity index (χ2n) is 5.79. The van der Waals surface area contributed by atoms with Gasteiger partial charge in [0.25, 0.3) is 0 Å². The molecule has 0 spiro atoms. The van der Waals surface area contributed by atoms with Gasteiger partial charge in [-0.1, -0.05) is 60.7 Å². The highest BCUT2D eigenvalue weighted by molar-refractivity contribution is 5.99. The first-order valence-electron chi connectivity index (χ1n) is 7.85. The summed E-state index contributed by atoms with van der Waals surface area (Å²) in [6, 6.07) is 19.9. The summed E-state index contributed by atoms with van der Waals surface area (Å²) < 4.78 is 0. The Morgan fingerprint density at radius 1 is 0.810 bits per heavy atom. The summed E-state index contributed by atoms with van der Waals surface area (Å²) in [4.78, 5) is 14.4. The van der Waals surface area contributed by atoms with Crippen LogP contribution in [-0.4, -0.2) is 18.9 Å². The molecule has 2 aromatic carbocycles. The maximum absolute atomic E-state index is 13.0. The van der Waals surface area contributed by atoms with Crippen molar-refractivity contribution < 1.29 is 9.69 Å². The molecule has 0 bridgehead atoms. The van der Waals surface area contributed by atoms with E-state index in [9.17, 15) is 4.79 Å². The molecule has 1 fully saturated rings. The van der Waals surface area contributed by atoms with E-state index < -0.39 is 0 Å². The zero-order chi connectivity index (χ0) is 14.5. The molecule has 3 rings (SSSR count). The van der Waals surface area contributed by atoms with Gasteiger partial charge in [0.15, 0.2) is 6.04 Å². The number of hydrogen-bond acceptors (Lipinski definition) is 1. The fourth-order valence-electron chi connectivity index (χ4n) is 3.28. The number of carbonyl (C=O) groups is 1. The van der Waals surface area contributed by atoms with E-state index in [2.05, 4.69) is 12.1 Å². The number of carbonyl (C=O) groups excluding carboxylic acids is 1. The Morgan fingerprint density at radius 2 is 1.38 bits per heavy atom.